The van der Waals surface area contributed by atoms with Gasteiger partial charge in [0.2, 0.25) is 0 Å². The minimum atomic E-state index is -4.84. The normalized spacial score (nSPS) is 14.1. The molecule has 0 spiro atoms. The molecule has 2 N–H and O–H groups in total. The maximum Gasteiger partial charge on any atom is 0.471 e. The Morgan fingerprint density at radius 2 is 2.08 bits per heavy atom. The van der Waals surface area contributed by atoms with Crippen LogP contribution in [-0.4, -0.2) is 29.8 Å². The van der Waals surface area contributed by atoms with Crippen LogP contribution in [0.1, 0.15) is 13.3 Å². The molecule has 1 unspecified atom stereocenters. The number of hydrogen-bond donors (Lipinski definition) is 2. The van der Waals surface area contributed by atoms with E-state index in [1.165, 1.54) is 6.92 Å². The Labute approximate surface area is 67.6 Å². The van der Waals surface area contributed by atoms with Crippen molar-refractivity contribution in [3.63, 3.8) is 0 Å². The molecule has 1 atom stereocenters. The minimum Gasteiger partial charge on any atom is -0.396 e. The second-order valence-corrected chi connectivity index (χ2v) is 2.38. The number of aliphatic hydroxyl groups excluding tert-OH is 1. The summed E-state index contributed by atoms with van der Waals surface area (Å²) in [4.78, 5) is 10.2. The van der Waals surface area contributed by atoms with Gasteiger partial charge in [0.15, 0.2) is 0 Å². The highest BCUT2D eigenvalue weighted by atomic mass is 19.4. The van der Waals surface area contributed by atoms with Crippen molar-refractivity contribution in [1.82, 2.24) is 5.32 Å². The van der Waals surface area contributed by atoms with Gasteiger partial charge in [0, 0.05) is 12.6 Å². The summed E-state index contributed by atoms with van der Waals surface area (Å²) in [5, 5.41) is 10.0. The molecule has 0 rings (SSSR count). The second-order valence-electron chi connectivity index (χ2n) is 2.38. The fourth-order valence-corrected chi connectivity index (χ4v) is 0.571. The van der Waals surface area contributed by atoms with E-state index in [0.29, 0.717) is 0 Å². The molecule has 1 amide bonds. The minimum absolute atomic E-state index is 0.113. The highest BCUT2D eigenvalue weighted by Crippen LogP contribution is 2.14. The van der Waals surface area contributed by atoms with E-state index in [1.54, 1.807) is 5.32 Å². The molecule has 0 heterocycles. The third kappa shape index (κ3) is 4.17. The molecular weight excluding hydrogens is 175 g/mol. The first-order valence-corrected chi connectivity index (χ1v) is 3.36. The molecule has 72 valence electrons. The number of hydrogen-bond acceptors (Lipinski definition) is 2. The Bertz CT molecular complexity index is 157. The fraction of sp³-hybridized carbons (Fsp3) is 0.833. The van der Waals surface area contributed by atoms with E-state index in [9.17, 15) is 18.0 Å². The third-order valence-corrected chi connectivity index (χ3v) is 1.20. The van der Waals surface area contributed by atoms with Crippen LogP contribution in [0.4, 0.5) is 13.2 Å². The summed E-state index contributed by atoms with van der Waals surface area (Å²) in [6.45, 7) is 1.14. The van der Waals surface area contributed by atoms with Gasteiger partial charge in [-0.05, 0) is 13.3 Å². The maximum absolute atomic E-state index is 11.6. The summed E-state index contributed by atoms with van der Waals surface area (Å²) in [5.74, 6) is -1.97. The molecule has 0 aromatic rings. The van der Waals surface area contributed by atoms with E-state index in [-0.39, 0.29) is 13.0 Å². The molecule has 0 aliphatic heterocycles. The summed E-state index contributed by atoms with van der Waals surface area (Å²) in [6, 6.07) is -0.663. The van der Waals surface area contributed by atoms with Gasteiger partial charge in [0.1, 0.15) is 0 Å². The standard InChI is InChI=1S/C6H10F3NO2/c1-4(2-3-11)10-5(12)6(7,8)9/h4,11H,2-3H2,1H3,(H,10,12). The predicted molar refractivity (Wildman–Crippen MR) is 35.4 cm³/mol. The number of halogens is 3. The molecule has 0 aromatic carbocycles. The molecule has 0 aromatic heterocycles. The lowest BCUT2D eigenvalue weighted by Crippen LogP contribution is -2.42. The van der Waals surface area contributed by atoms with Crippen molar-refractivity contribution in [3.8, 4) is 0 Å². The highest BCUT2D eigenvalue weighted by molar-refractivity contribution is 5.81. The van der Waals surface area contributed by atoms with E-state index in [0.717, 1.165) is 0 Å². The fourth-order valence-electron chi connectivity index (χ4n) is 0.571. The van der Waals surface area contributed by atoms with Crippen LogP contribution in [0, 0.1) is 0 Å². The van der Waals surface area contributed by atoms with Gasteiger partial charge in [-0.3, -0.25) is 4.79 Å². The van der Waals surface area contributed by atoms with E-state index in [1.807, 2.05) is 0 Å². The zero-order chi connectivity index (χ0) is 9.78. The van der Waals surface area contributed by atoms with Crippen LogP contribution in [0.25, 0.3) is 0 Å². The van der Waals surface area contributed by atoms with Gasteiger partial charge in [-0.2, -0.15) is 13.2 Å². The van der Waals surface area contributed by atoms with Gasteiger partial charge >= 0.3 is 12.1 Å². The van der Waals surface area contributed by atoms with Crippen LogP contribution in [0.5, 0.6) is 0 Å². The maximum atomic E-state index is 11.6. The number of nitrogens with one attached hydrogen (secondary N) is 1. The average molecular weight is 185 g/mol. The Morgan fingerprint density at radius 3 is 2.42 bits per heavy atom. The van der Waals surface area contributed by atoms with Crippen molar-refractivity contribution < 1.29 is 23.1 Å². The van der Waals surface area contributed by atoms with E-state index in [4.69, 9.17) is 5.11 Å². The molecule has 0 saturated heterocycles. The van der Waals surface area contributed by atoms with E-state index >= 15 is 0 Å². The number of amides is 1. The average Bonchev–Trinajstić information content (AvgIpc) is 1.85. The first kappa shape index (κ1) is 11.2. The summed E-state index contributed by atoms with van der Waals surface area (Å²) < 4.78 is 34.7. The largest absolute Gasteiger partial charge is 0.471 e. The monoisotopic (exact) mass is 185 g/mol. The predicted octanol–water partition coefficient (Wildman–Crippen LogP) is 0.436. The Morgan fingerprint density at radius 1 is 1.58 bits per heavy atom. The lowest BCUT2D eigenvalue weighted by molar-refractivity contribution is -0.174. The molecule has 0 aliphatic carbocycles. The van der Waals surface area contributed by atoms with Crippen LogP contribution in [0.2, 0.25) is 0 Å². The van der Waals surface area contributed by atoms with Crippen LogP contribution in [0.3, 0.4) is 0 Å². The molecular formula is C6H10F3NO2. The molecule has 12 heavy (non-hydrogen) atoms. The SMILES string of the molecule is CC(CCO)NC(=O)C(F)(F)F. The van der Waals surface area contributed by atoms with Crippen molar-refractivity contribution in [2.24, 2.45) is 0 Å². The molecule has 0 radical (unpaired) electrons. The summed E-state index contributed by atoms with van der Waals surface area (Å²) in [5.41, 5.74) is 0. The zero-order valence-electron chi connectivity index (χ0n) is 6.48. The van der Waals surface area contributed by atoms with Crippen molar-refractivity contribution >= 4 is 5.91 Å². The third-order valence-electron chi connectivity index (χ3n) is 1.20. The van der Waals surface area contributed by atoms with Crippen LogP contribution >= 0.6 is 0 Å². The van der Waals surface area contributed by atoms with E-state index in [2.05, 4.69) is 0 Å². The van der Waals surface area contributed by atoms with Crippen molar-refractivity contribution in [3.05, 3.63) is 0 Å². The number of rotatable bonds is 3. The van der Waals surface area contributed by atoms with Crippen molar-refractivity contribution in [2.75, 3.05) is 6.61 Å². The summed E-state index contributed by atoms with van der Waals surface area (Å²) >= 11 is 0. The Kier molecular flexibility index (Phi) is 4.02. The molecule has 0 fully saturated rings. The number of aliphatic hydroxyl groups is 1. The zero-order valence-corrected chi connectivity index (χ0v) is 6.48. The number of carbonyl (C=O) groups excluding carboxylic acids is 1. The first-order chi connectivity index (χ1) is 5.38. The second kappa shape index (κ2) is 4.30. The lowest BCUT2D eigenvalue weighted by Gasteiger charge is -2.13. The van der Waals surface area contributed by atoms with Crippen molar-refractivity contribution in [1.29, 1.82) is 0 Å². The van der Waals surface area contributed by atoms with Gasteiger partial charge in [-0.1, -0.05) is 0 Å². The smallest absolute Gasteiger partial charge is 0.396 e. The first-order valence-electron chi connectivity index (χ1n) is 3.36. The van der Waals surface area contributed by atoms with Crippen LogP contribution in [0.15, 0.2) is 0 Å². The van der Waals surface area contributed by atoms with Gasteiger partial charge in [0.05, 0.1) is 0 Å². The summed E-state index contributed by atoms with van der Waals surface area (Å²) in [6.07, 6.45) is -4.73. The molecule has 0 bridgehead atoms. The quantitative estimate of drug-likeness (QED) is 0.670. The van der Waals surface area contributed by atoms with E-state index < -0.39 is 18.1 Å². The Balaban J connectivity index is 3.85. The number of alkyl halides is 3. The lowest BCUT2D eigenvalue weighted by atomic mass is 10.2. The molecule has 6 heteroatoms. The Hall–Kier alpha value is -0.780. The van der Waals surface area contributed by atoms with Gasteiger partial charge in [-0.15, -0.1) is 0 Å². The molecule has 0 saturated carbocycles. The van der Waals surface area contributed by atoms with Gasteiger partial charge < -0.3 is 10.4 Å². The number of carbonyl (C=O) groups is 1. The molecule has 3 nitrogen and oxygen atoms in total. The summed E-state index contributed by atoms with van der Waals surface area (Å²) in [7, 11) is 0. The molecule has 0 aliphatic rings. The van der Waals surface area contributed by atoms with Gasteiger partial charge in [0.25, 0.3) is 0 Å². The van der Waals surface area contributed by atoms with Crippen molar-refractivity contribution in [2.45, 2.75) is 25.6 Å². The van der Waals surface area contributed by atoms with Gasteiger partial charge in [-0.25, -0.2) is 0 Å². The highest BCUT2D eigenvalue weighted by Gasteiger charge is 2.38. The van der Waals surface area contributed by atoms with Crippen LogP contribution in [-0.2, 0) is 4.79 Å². The topological polar surface area (TPSA) is 49.3 Å². The van der Waals surface area contributed by atoms with Crippen LogP contribution < -0.4 is 5.32 Å².